The van der Waals surface area contributed by atoms with E-state index in [0.29, 0.717) is 23.6 Å². The molecule has 1 aromatic rings. The number of rotatable bonds is 5. The summed E-state index contributed by atoms with van der Waals surface area (Å²) in [6, 6.07) is 4.92. The number of hydrogen-bond donors (Lipinski definition) is 1. The summed E-state index contributed by atoms with van der Waals surface area (Å²) < 4.78 is 10.3. The molecule has 0 unspecified atom stereocenters. The highest BCUT2D eigenvalue weighted by Crippen LogP contribution is 2.29. The maximum atomic E-state index is 11.8. The highest BCUT2D eigenvalue weighted by Gasteiger charge is 2.18. The van der Waals surface area contributed by atoms with Gasteiger partial charge >= 0.3 is 5.97 Å². The maximum Gasteiger partial charge on any atom is 0.338 e. The van der Waals surface area contributed by atoms with Gasteiger partial charge in [0.25, 0.3) is 0 Å². The molecule has 1 aromatic carbocycles. The Morgan fingerprint density at radius 3 is 2.78 bits per heavy atom. The van der Waals surface area contributed by atoms with Crippen molar-refractivity contribution in [2.75, 3.05) is 19.5 Å². The van der Waals surface area contributed by atoms with Gasteiger partial charge in [-0.1, -0.05) is 19.3 Å². The monoisotopic (exact) mass is 249 g/mol. The molecule has 0 atom stereocenters. The molecule has 0 spiro atoms. The fraction of sp³-hybridized carbons (Fsp3) is 0.500. The lowest BCUT2D eigenvalue weighted by Crippen LogP contribution is -2.15. The van der Waals surface area contributed by atoms with Crippen molar-refractivity contribution < 1.29 is 14.3 Å². The van der Waals surface area contributed by atoms with Crippen LogP contribution in [0.5, 0.6) is 5.75 Å². The second kappa shape index (κ2) is 5.76. The molecule has 0 aromatic heterocycles. The summed E-state index contributed by atoms with van der Waals surface area (Å²) in [5.41, 5.74) is 6.64. The quantitative estimate of drug-likeness (QED) is 0.643. The lowest BCUT2D eigenvalue weighted by atomic mass is 9.83. The largest absolute Gasteiger partial charge is 0.497 e. The highest BCUT2D eigenvalue weighted by molar-refractivity contribution is 5.91. The van der Waals surface area contributed by atoms with Gasteiger partial charge in [0, 0.05) is 11.8 Å². The van der Waals surface area contributed by atoms with Gasteiger partial charge in [0.2, 0.25) is 0 Å². The van der Waals surface area contributed by atoms with Crippen LogP contribution in [-0.4, -0.2) is 19.7 Å². The van der Waals surface area contributed by atoms with Crippen LogP contribution in [0, 0.1) is 5.92 Å². The van der Waals surface area contributed by atoms with E-state index in [1.165, 1.54) is 19.3 Å². The van der Waals surface area contributed by atoms with Crippen LogP contribution in [0.2, 0.25) is 0 Å². The molecule has 2 N–H and O–H groups in total. The molecule has 0 bridgehead atoms. The Hall–Kier alpha value is -1.71. The van der Waals surface area contributed by atoms with Gasteiger partial charge < -0.3 is 15.2 Å². The van der Waals surface area contributed by atoms with Crippen LogP contribution in [0.25, 0.3) is 0 Å². The van der Waals surface area contributed by atoms with Gasteiger partial charge in [0.1, 0.15) is 5.75 Å². The summed E-state index contributed by atoms with van der Waals surface area (Å²) in [7, 11) is 1.54. The van der Waals surface area contributed by atoms with Gasteiger partial charge in [-0.05, 0) is 24.5 Å². The number of nitrogen functional groups attached to an aromatic ring is 1. The number of anilines is 1. The highest BCUT2D eigenvalue weighted by atomic mass is 16.5. The van der Waals surface area contributed by atoms with Crippen molar-refractivity contribution in [1.29, 1.82) is 0 Å². The first kappa shape index (κ1) is 12.7. The Morgan fingerprint density at radius 1 is 1.39 bits per heavy atom. The van der Waals surface area contributed by atoms with Crippen molar-refractivity contribution >= 4 is 11.7 Å². The molecule has 0 radical (unpaired) electrons. The van der Waals surface area contributed by atoms with E-state index in [1.54, 1.807) is 25.3 Å². The third kappa shape index (κ3) is 3.15. The normalized spacial score (nSPS) is 14.9. The van der Waals surface area contributed by atoms with Crippen LogP contribution in [0.15, 0.2) is 18.2 Å². The molecule has 1 aliphatic rings. The second-order valence-electron chi connectivity index (χ2n) is 4.72. The molecule has 2 rings (SSSR count). The van der Waals surface area contributed by atoms with E-state index < -0.39 is 0 Å². The smallest absolute Gasteiger partial charge is 0.338 e. The van der Waals surface area contributed by atoms with Gasteiger partial charge in [-0.3, -0.25) is 0 Å². The predicted octanol–water partition coefficient (Wildman–Crippen LogP) is 2.62. The maximum absolute atomic E-state index is 11.8. The fourth-order valence-electron chi connectivity index (χ4n) is 2.04. The number of carbonyl (C=O) groups is 1. The predicted molar refractivity (Wildman–Crippen MR) is 69.6 cm³/mol. The summed E-state index contributed by atoms with van der Waals surface area (Å²) in [4.78, 5) is 11.8. The van der Waals surface area contributed by atoms with Crippen molar-refractivity contribution in [2.45, 2.75) is 25.7 Å². The first-order chi connectivity index (χ1) is 8.69. The Balaban J connectivity index is 1.88. The van der Waals surface area contributed by atoms with Crippen molar-refractivity contribution in [3.8, 4) is 5.75 Å². The minimum Gasteiger partial charge on any atom is -0.497 e. The van der Waals surface area contributed by atoms with Crippen LogP contribution in [0.3, 0.4) is 0 Å². The van der Waals surface area contributed by atoms with Crippen LogP contribution in [0.1, 0.15) is 36.0 Å². The first-order valence-corrected chi connectivity index (χ1v) is 6.30. The molecule has 4 nitrogen and oxygen atoms in total. The van der Waals surface area contributed by atoms with Gasteiger partial charge in [-0.2, -0.15) is 0 Å². The summed E-state index contributed by atoms with van der Waals surface area (Å²) in [6.07, 6.45) is 4.81. The van der Waals surface area contributed by atoms with Crippen molar-refractivity contribution in [3.63, 3.8) is 0 Å². The molecule has 18 heavy (non-hydrogen) atoms. The third-order valence-electron chi connectivity index (χ3n) is 3.38. The minimum atomic E-state index is -0.333. The summed E-state index contributed by atoms with van der Waals surface area (Å²) in [6.45, 7) is 0.487. The average Bonchev–Trinajstić information content (AvgIpc) is 2.31. The molecule has 1 saturated carbocycles. The number of ether oxygens (including phenoxy) is 2. The topological polar surface area (TPSA) is 61.5 Å². The molecule has 0 aliphatic heterocycles. The third-order valence-corrected chi connectivity index (χ3v) is 3.38. The van der Waals surface area contributed by atoms with Gasteiger partial charge in [0.05, 0.1) is 19.3 Å². The van der Waals surface area contributed by atoms with Crippen molar-refractivity contribution in [3.05, 3.63) is 23.8 Å². The number of carbonyl (C=O) groups excluding carboxylic acids is 1. The fourth-order valence-corrected chi connectivity index (χ4v) is 2.04. The summed E-state index contributed by atoms with van der Waals surface area (Å²) >= 11 is 0. The Labute approximate surface area is 107 Å². The van der Waals surface area contributed by atoms with Crippen molar-refractivity contribution in [1.82, 2.24) is 0 Å². The van der Waals surface area contributed by atoms with E-state index in [1.807, 2.05) is 0 Å². The van der Waals surface area contributed by atoms with Crippen LogP contribution in [-0.2, 0) is 4.74 Å². The van der Waals surface area contributed by atoms with Gasteiger partial charge in [0.15, 0.2) is 0 Å². The molecule has 0 saturated heterocycles. The van der Waals surface area contributed by atoms with Crippen LogP contribution in [0.4, 0.5) is 5.69 Å². The lowest BCUT2D eigenvalue weighted by molar-refractivity contribution is 0.0464. The van der Waals surface area contributed by atoms with E-state index >= 15 is 0 Å². The number of benzene rings is 1. The average molecular weight is 249 g/mol. The van der Waals surface area contributed by atoms with Crippen molar-refractivity contribution in [2.24, 2.45) is 5.92 Å². The molecule has 1 aliphatic carbocycles. The zero-order valence-electron chi connectivity index (χ0n) is 10.6. The van der Waals surface area contributed by atoms with E-state index in [0.717, 1.165) is 12.3 Å². The molecule has 4 heteroatoms. The minimum absolute atomic E-state index is 0.333. The van der Waals surface area contributed by atoms with Gasteiger partial charge in [-0.25, -0.2) is 4.79 Å². The standard InChI is InChI=1S/C14H19NO3/c1-17-13-8-11(7-12(15)9-13)14(16)18-6-5-10-3-2-4-10/h7-10H,2-6,15H2,1H3. The molecule has 98 valence electrons. The Bertz CT molecular complexity index is 427. The van der Waals surface area contributed by atoms with E-state index in [9.17, 15) is 4.79 Å². The zero-order chi connectivity index (χ0) is 13.0. The Kier molecular flexibility index (Phi) is 4.07. The Morgan fingerprint density at radius 2 is 2.17 bits per heavy atom. The van der Waals surface area contributed by atoms with Gasteiger partial charge in [-0.15, -0.1) is 0 Å². The number of nitrogens with two attached hydrogens (primary N) is 1. The first-order valence-electron chi connectivity index (χ1n) is 6.30. The lowest BCUT2D eigenvalue weighted by Gasteiger charge is -2.24. The molecular weight excluding hydrogens is 230 g/mol. The molecular formula is C14H19NO3. The second-order valence-corrected chi connectivity index (χ2v) is 4.72. The SMILES string of the molecule is COc1cc(N)cc(C(=O)OCCC2CCC2)c1. The number of esters is 1. The van der Waals surface area contributed by atoms with E-state index in [4.69, 9.17) is 15.2 Å². The zero-order valence-corrected chi connectivity index (χ0v) is 10.6. The molecule has 0 heterocycles. The van der Waals surface area contributed by atoms with E-state index in [2.05, 4.69) is 0 Å². The molecule has 1 fully saturated rings. The van der Waals surface area contributed by atoms with E-state index in [-0.39, 0.29) is 5.97 Å². The summed E-state index contributed by atoms with van der Waals surface area (Å²) in [5.74, 6) is 0.981. The summed E-state index contributed by atoms with van der Waals surface area (Å²) in [5, 5.41) is 0. The van der Waals surface area contributed by atoms with Crippen LogP contribution < -0.4 is 10.5 Å². The number of hydrogen-bond acceptors (Lipinski definition) is 4. The van der Waals surface area contributed by atoms with Crippen LogP contribution >= 0.6 is 0 Å². The molecule has 0 amide bonds. The number of methoxy groups -OCH3 is 1.